The number of anilines is 1. The van der Waals surface area contributed by atoms with Crippen molar-refractivity contribution in [1.29, 1.82) is 0 Å². The topological polar surface area (TPSA) is 101 Å². The molecule has 25 heavy (non-hydrogen) atoms. The highest BCUT2D eigenvalue weighted by Gasteiger charge is 2.30. The van der Waals surface area contributed by atoms with Gasteiger partial charge in [-0.25, -0.2) is 0 Å². The average molecular weight is 343 g/mol. The van der Waals surface area contributed by atoms with Gasteiger partial charge in [-0.05, 0) is 31.5 Å². The van der Waals surface area contributed by atoms with E-state index in [4.69, 9.17) is 19.7 Å². The molecule has 132 valence electrons. The van der Waals surface area contributed by atoms with Crippen molar-refractivity contribution in [2.24, 2.45) is 0 Å². The highest BCUT2D eigenvalue weighted by atomic mass is 16.5. The van der Waals surface area contributed by atoms with E-state index in [2.05, 4.69) is 15.2 Å². The van der Waals surface area contributed by atoms with Crippen molar-refractivity contribution in [3.63, 3.8) is 0 Å². The molecule has 8 nitrogen and oxygen atoms in total. The predicted octanol–water partition coefficient (Wildman–Crippen LogP) is 2.24. The molecule has 0 fully saturated rings. The number of benzene rings is 1. The summed E-state index contributed by atoms with van der Waals surface area (Å²) < 4.78 is 17.7. The number of nitrogen functional groups attached to an aromatic ring is 1. The fourth-order valence-corrected chi connectivity index (χ4v) is 2.49. The molecule has 1 aromatic carbocycles. The summed E-state index contributed by atoms with van der Waals surface area (Å²) in [6, 6.07) is 5.69. The summed E-state index contributed by atoms with van der Waals surface area (Å²) in [7, 11) is 3.21. The molecule has 3 aromatic rings. The van der Waals surface area contributed by atoms with Crippen LogP contribution in [0.3, 0.4) is 0 Å². The third kappa shape index (κ3) is 3.28. The first-order chi connectivity index (χ1) is 11.9. The Morgan fingerprint density at radius 1 is 1.20 bits per heavy atom. The Hall–Kier alpha value is -3.03. The summed E-state index contributed by atoms with van der Waals surface area (Å²) in [4.78, 5) is 4.51. The first kappa shape index (κ1) is 16.8. The standard InChI is InChI=1S/C17H21N5O3/c1-17(2,22-10-12(18)9-19-22)16-20-15(21-25-16)8-11-5-6-13(23-3)14(7-11)24-4/h5-7,9-10H,8,18H2,1-4H3. The van der Waals surface area contributed by atoms with E-state index in [1.165, 1.54) is 0 Å². The van der Waals surface area contributed by atoms with Crippen LogP contribution in [0.15, 0.2) is 35.1 Å². The van der Waals surface area contributed by atoms with Gasteiger partial charge in [0, 0.05) is 12.6 Å². The molecular formula is C17H21N5O3. The van der Waals surface area contributed by atoms with Crippen molar-refractivity contribution in [2.75, 3.05) is 20.0 Å². The molecule has 0 saturated carbocycles. The van der Waals surface area contributed by atoms with Crippen molar-refractivity contribution in [1.82, 2.24) is 19.9 Å². The number of nitrogens with two attached hydrogens (primary N) is 1. The SMILES string of the molecule is COc1ccc(Cc2noc(C(C)(C)n3cc(N)cn3)n2)cc1OC. The van der Waals surface area contributed by atoms with Crippen LogP contribution in [0.1, 0.15) is 31.1 Å². The van der Waals surface area contributed by atoms with Gasteiger partial charge in [0.1, 0.15) is 5.54 Å². The molecule has 0 saturated heterocycles. The van der Waals surface area contributed by atoms with Gasteiger partial charge in [0.05, 0.1) is 26.1 Å². The zero-order valence-corrected chi connectivity index (χ0v) is 14.7. The summed E-state index contributed by atoms with van der Waals surface area (Å²) in [6.07, 6.45) is 3.84. The van der Waals surface area contributed by atoms with Gasteiger partial charge in [0.15, 0.2) is 17.3 Å². The Morgan fingerprint density at radius 3 is 2.60 bits per heavy atom. The Bertz CT molecular complexity index is 869. The number of rotatable bonds is 6. The van der Waals surface area contributed by atoms with Gasteiger partial charge in [0.2, 0.25) is 0 Å². The number of hydrogen-bond donors (Lipinski definition) is 1. The maximum absolute atomic E-state index is 5.74. The molecule has 0 aliphatic rings. The van der Waals surface area contributed by atoms with Gasteiger partial charge < -0.3 is 19.7 Å². The normalized spacial score (nSPS) is 11.5. The lowest BCUT2D eigenvalue weighted by molar-refractivity contribution is 0.260. The van der Waals surface area contributed by atoms with Crippen LogP contribution in [0.4, 0.5) is 5.69 Å². The molecule has 0 aliphatic heterocycles. The van der Waals surface area contributed by atoms with Crippen molar-refractivity contribution < 1.29 is 14.0 Å². The van der Waals surface area contributed by atoms with E-state index in [0.29, 0.717) is 35.3 Å². The third-order valence-corrected chi connectivity index (χ3v) is 3.98. The molecule has 2 N–H and O–H groups in total. The van der Waals surface area contributed by atoms with Crippen LogP contribution >= 0.6 is 0 Å². The number of methoxy groups -OCH3 is 2. The van der Waals surface area contributed by atoms with E-state index in [1.54, 1.807) is 31.3 Å². The summed E-state index contributed by atoms with van der Waals surface area (Å²) in [5.74, 6) is 2.38. The third-order valence-electron chi connectivity index (χ3n) is 3.98. The Morgan fingerprint density at radius 2 is 1.96 bits per heavy atom. The van der Waals surface area contributed by atoms with E-state index < -0.39 is 5.54 Å². The van der Waals surface area contributed by atoms with E-state index in [0.717, 1.165) is 5.56 Å². The van der Waals surface area contributed by atoms with Gasteiger partial charge in [-0.2, -0.15) is 10.1 Å². The predicted molar refractivity (Wildman–Crippen MR) is 91.7 cm³/mol. The Labute approximate surface area is 145 Å². The Balaban J connectivity index is 1.82. The van der Waals surface area contributed by atoms with Gasteiger partial charge >= 0.3 is 0 Å². The summed E-state index contributed by atoms with van der Waals surface area (Å²) in [5, 5.41) is 8.31. The molecule has 0 radical (unpaired) electrons. The minimum absolute atomic E-state index is 0.464. The Kier molecular flexibility index (Phi) is 4.35. The first-order valence-electron chi connectivity index (χ1n) is 7.78. The van der Waals surface area contributed by atoms with E-state index >= 15 is 0 Å². The molecule has 0 bridgehead atoms. The van der Waals surface area contributed by atoms with Crippen LogP contribution < -0.4 is 15.2 Å². The van der Waals surface area contributed by atoms with Gasteiger partial charge in [-0.3, -0.25) is 4.68 Å². The van der Waals surface area contributed by atoms with Gasteiger partial charge in [-0.15, -0.1) is 0 Å². The lowest BCUT2D eigenvalue weighted by atomic mass is 10.1. The summed E-state index contributed by atoms with van der Waals surface area (Å²) in [6.45, 7) is 3.88. The molecule has 8 heteroatoms. The molecule has 0 aliphatic carbocycles. The molecule has 0 spiro atoms. The van der Waals surface area contributed by atoms with E-state index in [1.807, 2.05) is 32.0 Å². The number of ether oxygens (including phenoxy) is 2. The lowest BCUT2D eigenvalue weighted by Gasteiger charge is -2.20. The summed E-state index contributed by atoms with van der Waals surface area (Å²) in [5.41, 5.74) is 6.72. The molecule has 0 atom stereocenters. The van der Waals surface area contributed by atoms with Crippen LogP contribution in [0.2, 0.25) is 0 Å². The zero-order valence-electron chi connectivity index (χ0n) is 14.7. The monoisotopic (exact) mass is 343 g/mol. The van der Waals surface area contributed by atoms with Crippen molar-refractivity contribution >= 4 is 5.69 Å². The molecule has 3 rings (SSSR count). The van der Waals surface area contributed by atoms with Crippen molar-refractivity contribution in [3.05, 3.63) is 47.9 Å². The number of aromatic nitrogens is 4. The fraction of sp³-hybridized carbons (Fsp3) is 0.353. The van der Waals surface area contributed by atoms with Crippen LogP contribution in [0, 0.1) is 0 Å². The highest BCUT2D eigenvalue weighted by molar-refractivity contribution is 5.43. The second-order valence-corrected chi connectivity index (χ2v) is 6.16. The fourth-order valence-electron chi connectivity index (χ4n) is 2.49. The average Bonchev–Trinajstić information content (AvgIpc) is 3.24. The van der Waals surface area contributed by atoms with Crippen LogP contribution in [-0.2, 0) is 12.0 Å². The molecule has 2 heterocycles. The van der Waals surface area contributed by atoms with Gasteiger partial charge in [0.25, 0.3) is 5.89 Å². The molecule has 2 aromatic heterocycles. The first-order valence-corrected chi connectivity index (χ1v) is 7.78. The van der Waals surface area contributed by atoms with Crippen LogP contribution in [-0.4, -0.2) is 34.1 Å². The molecule has 0 unspecified atom stereocenters. The second kappa shape index (κ2) is 6.46. The largest absolute Gasteiger partial charge is 0.493 e. The maximum Gasteiger partial charge on any atom is 0.254 e. The minimum Gasteiger partial charge on any atom is -0.493 e. The minimum atomic E-state index is -0.597. The van der Waals surface area contributed by atoms with Crippen molar-refractivity contribution in [2.45, 2.75) is 25.8 Å². The summed E-state index contributed by atoms with van der Waals surface area (Å²) >= 11 is 0. The molecule has 0 amide bonds. The van der Waals surface area contributed by atoms with E-state index in [-0.39, 0.29) is 0 Å². The molecular weight excluding hydrogens is 322 g/mol. The number of hydrogen-bond acceptors (Lipinski definition) is 7. The van der Waals surface area contributed by atoms with Crippen LogP contribution in [0.25, 0.3) is 0 Å². The maximum atomic E-state index is 5.74. The van der Waals surface area contributed by atoms with Crippen molar-refractivity contribution in [3.8, 4) is 11.5 Å². The van der Waals surface area contributed by atoms with Gasteiger partial charge in [-0.1, -0.05) is 11.2 Å². The van der Waals surface area contributed by atoms with E-state index in [9.17, 15) is 0 Å². The second-order valence-electron chi connectivity index (χ2n) is 6.16. The zero-order chi connectivity index (χ0) is 18.0. The number of nitrogens with zero attached hydrogens (tertiary/aromatic N) is 4. The quantitative estimate of drug-likeness (QED) is 0.732. The van der Waals surface area contributed by atoms with Crippen LogP contribution in [0.5, 0.6) is 11.5 Å². The smallest absolute Gasteiger partial charge is 0.254 e. The lowest BCUT2D eigenvalue weighted by Crippen LogP contribution is -2.28. The highest BCUT2D eigenvalue weighted by Crippen LogP contribution is 2.29.